The van der Waals surface area contributed by atoms with Crippen molar-refractivity contribution >= 4 is 17.4 Å². The van der Waals surface area contributed by atoms with E-state index in [1.54, 1.807) is 30.3 Å². The molecular weight excluding hydrogens is 428 g/mol. The first kappa shape index (κ1) is 22.9. The number of aliphatic hydroxyl groups excluding tert-OH is 1. The van der Waals surface area contributed by atoms with Gasteiger partial charge in [0, 0.05) is 32.2 Å². The van der Waals surface area contributed by atoms with Crippen molar-refractivity contribution < 1.29 is 33.3 Å². The summed E-state index contributed by atoms with van der Waals surface area (Å²) < 4.78 is 21.6. The van der Waals surface area contributed by atoms with Crippen LogP contribution in [0.4, 0.5) is 0 Å². The van der Waals surface area contributed by atoms with Gasteiger partial charge in [0.1, 0.15) is 29.1 Å². The zero-order chi connectivity index (χ0) is 23.4. The van der Waals surface area contributed by atoms with Gasteiger partial charge in [0.15, 0.2) is 0 Å². The number of hydrogen-bond donors (Lipinski definition) is 1. The molecule has 2 aliphatic rings. The number of amides is 1. The SMILES string of the molecule is COc1ccc(C(O)=C2C(=O)C(=O)N(CCCN3CCOCC3)[C@@H]2c2ccco2)c(OC)c1. The standard InChI is InChI=1S/C24H28N2O7/c1-30-16-6-7-17(19(15-16)31-2)22(27)20-21(18-5-3-12-33-18)26(24(29)23(20)28)9-4-8-25-10-13-32-14-11-25/h3,5-7,12,15,21,27H,4,8-11,13-14H2,1-2H3/t21-/m1/s1. The van der Waals surface area contributed by atoms with Crippen molar-refractivity contribution in [1.29, 1.82) is 0 Å². The highest BCUT2D eigenvalue weighted by atomic mass is 16.5. The summed E-state index contributed by atoms with van der Waals surface area (Å²) in [4.78, 5) is 29.8. The van der Waals surface area contributed by atoms with E-state index in [0.717, 1.165) is 19.6 Å². The number of Topliss-reactive ketones (excluding diaryl/α,β-unsaturated/α-hetero) is 1. The molecule has 33 heavy (non-hydrogen) atoms. The first-order valence-corrected chi connectivity index (χ1v) is 10.9. The highest BCUT2D eigenvalue weighted by Gasteiger charge is 2.47. The number of morpholine rings is 1. The molecule has 4 rings (SSSR count). The van der Waals surface area contributed by atoms with Crippen LogP contribution >= 0.6 is 0 Å². The summed E-state index contributed by atoms with van der Waals surface area (Å²) in [6.07, 6.45) is 2.16. The highest BCUT2D eigenvalue weighted by molar-refractivity contribution is 6.46. The molecule has 1 aromatic heterocycles. The highest BCUT2D eigenvalue weighted by Crippen LogP contribution is 2.41. The Morgan fingerprint density at radius 2 is 1.91 bits per heavy atom. The minimum atomic E-state index is -0.823. The van der Waals surface area contributed by atoms with E-state index in [1.807, 2.05) is 0 Å². The van der Waals surface area contributed by atoms with Gasteiger partial charge in [0.25, 0.3) is 11.7 Å². The molecule has 2 aliphatic heterocycles. The summed E-state index contributed by atoms with van der Waals surface area (Å²) in [5, 5.41) is 11.2. The van der Waals surface area contributed by atoms with Crippen LogP contribution in [0.25, 0.3) is 5.76 Å². The van der Waals surface area contributed by atoms with Crippen LogP contribution in [0.3, 0.4) is 0 Å². The lowest BCUT2D eigenvalue weighted by Crippen LogP contribution is -2.38. The fraction of sp³-hybridized carbons (Fsp3) is 0.417. The molecule has 0 spiro atoms. The molecule has 0 unspecified atom stereocenters. The molecule has 1 aromatic carbocycles. The van der Waals surface area contributed by atoms with Crippen molar-refractivity contribution in [3.8, 4) is 11.5 Å². The van der Waals surface area contributed by atoms with Crippen molar-refractivity contribution in [3.63, 3.8) is 0 Å². The fourth-order valence-corrected chi connectivity index (χ4v) is 4.28. The number of rotatable bonds is 8. The van der Waals surface area contributed by atoms with Crippen molar-refractivity contribution in [2.75, 3.05) is 53.6 Å². The molecule has 0 bridgehead atoms. The smallest absolute Gasteiger partial charge is 0.295 e. The number of nitrogens with zero attached hydrogens (tertiary/aromatic N) is 2. The van der Waals surface area contributed by atoms with Gasteiger partial charge < -0.3 is 28.6 Å². The molecule has 176 valence electrons. The zero-order valence-corrected chi connectivity index (χ0v) is 18.8. The number of carbonyl (C=O) groups is 2. The third kappa shape index (κ3) is 4.60. The summed E-state index contributed by atoms with van der Waals surface area (Å²) in [6, 6.07) is 7.42. The lowest BCUT2D eigenvalue weighted by molar-refractivity contribution is -0.140. The molecule has 9 heteroatoms. The maximum Gasteiger partial charge on any atom is 0.295 e. The van der Waals surface area contributed by atoms with Gasteiger partial charge in [-0.15, -0.1) is 0 Å². The number of benzene rings is 1. The predicted octanol–water partition coefficient (Wildman–Crippen LogP) is 2.44. The maximum absolute atomic E-state index is 13.1. The van der Waals surface area contributed by atoms with Gasteiger partial charge in [0.05, 0.1) is 44.8 Å². The third-order valence-electron chi connectivity index (χ3n) is 5.99. The molecule has 0 saturated carbocycles. The Balaban J connectivity index is 1.66. The molecule has 9 nitrogen and oxygen atoms in total. The number of furan rings is 1. The van der Waals surface area contributed by atoms with Gasteiger partial charge in [-0.05, 0) is 30.7 Å². The van der Waals surface area contributed by atoms with E-state index in [-0.39, 0.29) is 11.3 Å². The topological polar surface area (TPSA) is 102 Å². The third-order valence-corrected chi connectivity index (χ3v) is 5.99. The second kappa shape index (κ2) is 10.1. The average molecular weight is 456 g/mol. The number of likely N-dealkylation sites (tertiary alicyclic amines) is 1. The number of methoxy groups -OCH3 is 2. The summed E-state index contributed by atoms with van der Waals surface area (Å²) in [6.45, 7) is 4.21. The number of aliphatic hydroxyl groups is 1. The van der Waals surface area contributed by atoms with Crippen molar-refractivity contribution in [1.82, 2.24) is 9.80 Å². The van der Waals surface area contributed by atoms with Crippen LogP contribution in [-0.2, 0) is 14.3 Å². The Kier molecular flexibility index (Phi) is 7.00. The van der Waals surface area contributed by atoms with Crippen LogP contribution in [0.1, 0.15) is 23.8 Å². The van der Waals surface area contributed by atoms with Crippen molar-refractivity contribution in [2.24, 2.45) is 0 Å². The molecule has 1 amide bonds. The van der Waals surface area contributed by atoms with Gasteiger partial charge in [-0.25, -0.2) is 0 Å². The summed E-state index contributed by atoms with van der Waals surface area (Å²) in [5.74, 6) is -0.455. The average Bonchev–Trinajstić information content (AvgIpc) is 3.46. The second-order valence-electron chi connectivity index (χ2n) is 7.88. The molecule has 2 aromatic rings. The molecule has 0 radical (unpaired) electrons. The van der Waals surface area contributed by atoms with E-state index in [0.29, 0.717) is 49.0 Å². The Morgan fingerprint density at radius 1 is 1.12 bits per heavy atom. The summed E-state index contributed by atoms with van der Waals surface area (Å²) in [7, 11) is 2.98. The van der Waals surface area contributed by atoms with Gasteiger partial charge in [-0.1, -0.05) is 0 Å². The Hall–Kier alpha value is -3.30. The zero-order valence-electron chi connectivity index (χ0n) is 18.8. The van der Waals surface area contributed by atoms with Crippen LogP contribution in [0.15, 0.2) is 46.6 Å². The second-order valence-corrected chi connectivity index (χ2v) is 7.88. The first-order chi connectivity index (χ1) is 16.0. The van der Waals surface area contributed by atoms with E-state index in [9.17, 15) is 14.7 Å². The van der Waals surface area contributed by atoms with E-state index in [1.165, 1.54) is 25.4 Å². The van der Waals surface area contributed by atoms with Gasteiger partial charge in [0.2, 0.25) is 0 Å². The molecule has 0 aliphatic carbocycles. The Morgan fingerprint density at radius 3 is 2.58 bits per heavy atom. The quantitative estimate of drug-likeness (QED) is 0.367. The van der Waals surface area contributed by atoms with Crippen LogP contribution in [0.2, 0.25) is 0 Å². The van der Waals surface area contributed by atoms with Crippen LogP contribution in [0.5, 0.6) is 11.5 Å². The summed E-state index contributed by atoms with van der Waals surface area (Å²) >= 11 is 0. The Labute approximate surface area is 192 Å². The number of carbonyl (C=O) groups excluding carboxylic acids is 2. The van der Waals surface area contributed by atoms with E-state index >= 15 is 0 Å². The molecule has 2 fully saturated rings. The number of ketones is 1. The lowest BCUT2D eigenvalue weighted by Gasteiger charge is -2.28. The molecule has 1 atom stereocenters. The monoisotopic (exact) mass is 456 g/mol. The maximum atomic E-state index is 13.1. The minimum Gasteiger partial charge on any atom is -0.507 e. The van der Waals surface area contributed by atoms with Crippen molar-refractivity contribution in [2.45, 2.75) is 12.5 Å². The van der Waals surface area contributed by atoms with E-state index in [4.69, 9.17) is 18.6 Å². The Bertz CT molecular complexity index is 1030. The molecule has 2 saturated heterocycles. The fourth-order valence-electron chi connectivity index (χ4n) is 4.28. The molecular formula is C24H28N2O7. The largest absolute Gasteiger partial charge is 0.507 e. The molecule has 3 heterocycles. The van der Waals surface area contributed by atoms with Gasteiger partial charge in [-0.3, -0.25) is 14.5 Å². The normalized spacial score (nSPS) is 20.9. The number of hydrogen-bond acceptors (Lipinski definition) is 8. The minimum absolute atomic E-state index is 0.0233. The van der Waals surface area contributed by atoms with E-state index in [2.05, 4.69) is 4.90 Å². The molecule has 1 N–H and O–H groups in total. The predicted molar refractivity (Wildman–Crippen MR) is 119 cm³/mol. The number of ether oxygens (including phenoxy) is 3. The summed E-state index contributed by atoms with van der Waals surface area (Å²) in [5.41, 5.74) is 0.269. The van der Waals surface area contributed by atoms with Gasteiger partial charge in [-0.2, -0.15) is 0 Å². The first-order valence-electron chi connectivity index (χ1n) is 10.9. The van der Waals surface area contributed by atoms with E-state index < -0.39 is 17.7 Å². The lowest BCUT2D eigenvalue weighted by atomic mass is 9.98. The van der Waals surface area contributed by atoms with Crippen LogP contribution in [-0.4, -0.2) is 80.2 Å². The van der Waals surface area contributed by atoms with Crippen molar-refractivity contribution in [3.05, 3.63) is 53.5 Å². The van der Waals surface area contributed by atoms with Crippen LogP contribution < -0.4 is 9.47 Å². The van der Waals surface area contributed by atoms with Crippen LogP contribution in [0, 0.1) is 0 Å². The van der Waals surface area contributed by atoms with Gasteiger partial charge >= 0.3 is 0 Å².